The van der Waals surface area contributed by atoms with E-state index in [0.29, 0.717) is 0 Å². The normalized spacial score (nSPS) is 12.5. The highest BCUT2D eigenvalue weighted by atomic mass is 127. The molecule has 13 heavy (non-hydrogen) atoms. The Morgan fingerprint density at radius 3 is 2.46 bits per heavy atom. The topological polar surface area (TPSA) is 0 Å². The van der Waals surface area contributed by atoms with Gasteiger partial charge in [0, 0.05) is 3.58 Å². The maximum absolute atomic E-state index is 4.02. The van der Waals surface area contributed by atoms with E-state index in [0.717, 1.165) is 10.8 Å². The zero-order valence-corrected chi connectivity index (χ0v) is 10.2. The largest absolute Gasteiger partial charge is 0.0950 e. The molecule has 1 heteroatoms. The van der Waals surface area contributed by atoms with E-state index in [2.05, 4.69) is 60.9 Å². The summed E-state index contributed by atoms with van der Waals surface area (Å²) in [5.41, 5.74) is 2.34. The lowest BCUT2D eigenvalue weighted by Crippen LogP contribution is -2.24. The highest BCUT2D eigenvalue weighted by Gasteiger charge is 1.94. The van der Waals surface area contributed by atoms with Crippen molar-refractivity contribution < 1.29 is 0 Å². The van der Waals surface area contributed by atoms with Gasteiger partial charge in [-0.1, -0.05) is 36.9 Å². The molecule has 0 saturated carbocycles. The molecule has 1 rings (SSSR count). The summed E-state index contributed by atoms with van der Waals surface area (Å²) < 4.78 is 1.20. The van der Waals surface area contributed by atoms with Gasteiger partial charge in [0.1, 0.15) is 0 Å². The predicted molar refractivity (Wildman–Crippen MR) is 68.2 cm³/mol. The van der Waals surface area contributed by atoms with Crippen LogP contribution in [0.2, 0.25) is 0 Å². The first kappa shape index (κ1) is 10.5. The zero-order valence-electron chi connectivity index (χ0n) is 8.02. The van der Waals surface area contributed by atoms with Crippen molar-refractivity contribution in [3.63, 3.8) is 0 Å². The number of hydrogen-bond donors (Lipinski definition) is 0. The van der Waals surface area contributed by atoms with Gasteiger partial charge in [0.15, 0.2) is 0 Å². The van der Waals surface area contributed by atoms with Crippen molar-refractivity contribution in [3.05, 3.63) is 46.4 Å². The van der Waals surface area contributed by atoms with Crippen molar-refractivity contribution in [1.82, 2.24) is 0 Å². The van der Waals surface area contributed by atoms with Crippen LogP contribution in [0.15, 0.2) is 30.4 Å². The van der Waals surface area contributed by atoms with Crippen molar-refractivity contribution in [2.24, 2.45) is 0 Å². The summed E-state index contributed by atoms with van der Waals surface area (Å²) in [6.45, 7) is 12.0. The van der Waals surface area contributed by atoms with Gasteiger partial charge in [-0.25, -0.2) is 0 Å². The van der Waals surface area contributed by atoms with Gasteiger partial charge in [0.2, 0.25) is 0 Å². The fraction of sp³-hybridized carbons (Fsp3) is 0.167. The molecular weight excluding hydrogens is 271 g/mol. The maximum atomic E-state index is 4.02. The standard InChI is InChI=1S/C12H13I/c1-8(2)12(13)11-6-5-9(3)7-10(11)4/h5-7H,1,4H2,2-3H3/b12-11+. The second kappa shape index (κ2) is 4.09. The molecule has 0 fully saturated rings. The minimum atomic E-state index is 1.08. The van der Waals surface area contributed by atoms with Gasteiger partial charge < -0.3 is 0 Å². The highest BCUT2D eigenvalue weighted by Crippen LogP contribution is 2.13. The quantitative estimate of drug-likeness (QED) is 0.695. The Morgan fingerprint density at radius 2 is 2.00 bits per heavy atom. The highest BCUT2D eigenvalue weighted by molar-refractivity contribution is 14.1. The molecule has 0 aliphatic rings. The van der Waals surface area contributed by atoms with Gasteiger partial charge in [-0.3, -0.25) is 0 Å². The van der Waals surface area contributed by atoms with Crippen molar-refractivity contribution in [2.45, 2.75) is 13.8 Å². The van der Waals surface area contributed by atoms with Gasteiger partial charge in [-0.2, -0.15) is 0 Å². The molecule has 0 amide bonds. The number of hydrogen-bond acceptors (Lipinski definition) is 0. The molecule has 0 N–H and O–H groups in total. The summed E-state index contributed by atoms with van der Waals surface area (Å²) in [6.07, 6.45) is 0. The van der Waals surface area contributed by atoms with E-state index >= 15 is 0 Å². The van der Waals surface area contributed by atoms with E-state index in [9.17, 15) is 0 Å². The van der Waals surface area contributed by atoms with E-state index in [4.69, 9.17) is 0 Å². The van der Waals surface area contributed by atoms with Crippen LogP contribution in [-0.2, 0) is 0 Å². The Morgan fingerprint density at radius 1 is 1.38 bits per heavy atom. The Hall–Kier alpha value is -0.570. The zero-order chi connectivity index (χ0) is 10.0. The summed E-state index contributed by atoms with van der Waals surface area (Å²) in [4.78, 5) is 0. The van der Waals surface area contributed by atoms with Crippen LogP contribution in [-0.4, -0.2) is 0 Å². The van der Waals surface area contributed by atoms with E-state index in [-0.39, 0.29) is 0 Å². The number of halogens is 1. The van der Waals surface area contributed by atoms with Crippen LogP contribution >= 0.6 is 22.6 Å². The van der Waals surface area contributed by atoms with Crippen LogP contribution in [0, 0.1) is 6.92 Å². The molecule has 0 atom stereocenters. The third-order valence-corrected chi connectivity index (χ3v) is 3.37. The van der Waals surface area contributed by atoms with Gasteiger partial charge in [0.05, 0.1) is 0 Å². The minimum absolute atomic E-state index is 1.08. The van der Waals surface area contributed by atoms with E-state index in [1.165, 1.54) is 14.4 Å². The van der Waals surface area contributed by atoms with Crippen molar-refractivity contribution >= 4 is 32.7 Å². The van der Waals surface area contributed by atoms with Gasteiger partial charge in [0.25, 0.3) is 0 Å². The molecule has 1 aromatic rings. The minimum Gasteiger partial charge on any atom is -0.0950 e. The van der Waals surface area contributed by atoms with Gasteiger partial charge in [-0.05, 0) is 52.4 Å². The number of benzene rings is 1. The molecule has 0 bridgehead atoms. The van der Waals surface area contributed by atoms with Crippen LogP contribution in [0.4, 0.5) is 0 Å². The third-order valence-electron chi connectivity index (χ3n) is 1.87. The fourth-order valence-electron chi connectivity index (χ4n) is 1.17. The number of allylic oxidation sites excluding steroid dienone is 1. The third kappa shape index (κ3) is 2.44. The predicted octanol–water partition coefficient (Wildman–Crippen LogP) is 2.52. The molecule has 68 valence electrons. The lowest BCUT2D eigenvalue weighted by molar-refractivity contribution is 1.40. The molecule has 0 saturated heterocycles. The van der Waals surface area contributed by atoms with Crippen LogP contribution in [0.3, 0.4) is 0 Å². The van der Waals surface area contributed by atoms with Crippen LogP contribution < -0.4 is 10.4 Å². The Labute approximate surface area is 92.8 Å². The summed E-state index contributed by atoms with van der Waals surface area (Å²) >= 11 is 2.31. The number of aryl methyl sites for hydroxylation is 1. The molecule has 0 unspecified atom stereocenters. The second-order valence-corrected chi connectivity index (χ2v) is 4.33. The van der Waals surface area contributed by atoms with E-state index < -0.39 is 0 Å². The Balaban J connectivity index is 3.57. The summed E-state index contributed by atoms with van der Waals surface area (Å²) in [6, 6.07) is 6.30. The lowest BCUT2D eigenvalue weighted by Gasteiger charge is -1.98. The Kier molecular flexibility index (Phi) is 3.31. The molecule has 0 spiro atoms. The van der Waals surface area contributed by atoms with Crippen LogP contribution in [0.25, 0.3) is 10.2 Å². The molecule has 0 nitrogen and oxygen atoms in total. The first-order valence-electron chi connectivity index (χ1n) is 4.13. The summed E-state index contributed by atoms with van der Waals surface area (Å²) in [7, 11) is 0. The molecule has 1 aromatic carbocycles. The Bertz CT molecular complexity index is 441. The fourth-order valence-corrected chi connectivity index (χ4v) is 1.69. The van der Waals surface area contributed by atoms with E-state index in [1.807, 2.05) is 6.92 Å². The van der Waals surface area contributed by atoms with Gasteiger partial charge >= 0.3 is 0 Å². The summed E-state index contributed by atoms with van der Waals surface area (Å²) in [5, 5.41) is 2.27. The average Bonchev–Trinajstić information content (AvgIpc) is 2.03. The maximum Gasteiger partial charge on any atom is 0.0231 e. The SMILES string of the molecule is C=C(C)/C(I)=c1/ccc(C)cc1=C. The average molecular weight is 284 g/mol. The summed E-state index contributed by atoms with van der Waals surface area (Å²) in [5.74, 6) is 0. The molecule has 0 aromatic heterocycles. The molecule has 0 aliphatic carbocycles. The second-order valence-electron chi connectivity index (χ2n) is 3.25. The molecule has 0 aliphatic heterocycles. The molecular formula is C12H13I. The smallest absolute Gasteiger partial charge is 0.0231 e. The van der Waals surface area contributed by atoms with E-state index in [1.54, 1.807) is 0 Å². The van der Waals surface area contributed by atoms with Crippen LogP contribution in [0.5, 0.6) is 0 Å². The van der Waals surface area contributed by atoms with Crippen molar-refractivity contribution in [1.29, 1.82) is 0 Å². The number of rotatable bonds is 1. The lowest BCUT2D eigenvalue weighted by atomic mass is 10.1. The monoisotopic (exact) mass is 284 g/mol. The first-order valence-corrected chi connectivity index (χ1v) is 5.21. The first-order chi connectivity index (χ1) is 6.02. The van der Waals surface area contributed by atoms with Crippen molar-refractivity contribution in [3.8, 4) is 0 Å². The van der Waals surface area contributed by atoms with Crippen LogP contribution in [0.1, 0.15) is 12.5 Å². The molecule has 0 radical (unpaired) electrons. The van der Waals surface area contributed by atoms with Crippen molar-refractivity contribution in [2.75, 3.05) is 0 Å². The molecule has 0 heterocycles. The van der Waals surface area contributed by atoms with Gasteiger partial charge in [-0.15, -0.1) is 0 Å².